The fourth-order valence-electron chi connectivity index (χ4n) is 1.59. The van der Waals surface area contributed by atoms with E-state index in [1.165, 1.54) is 21.0 Å². The Morgan fingerprint density at radius 3 is 1.62 bits per heavy atom. The van der Waals surface area contributed by atoms with Crippen LogP contribution in [0.4, 0.5) is 17.6 Å². The van der Waals surface area contributed by atoms with Gasteiger partial charge in [0.05, 0.1) is 12.7 Å². The van der Waals surface area contributed by atoms with Crippen LogP contribution in [-0.4, -0.2) is 38.3 Å². The highest BCUT2D eigenvalue weighted by molar-refractivity contribution is 4.69. The first-order valence-electron chi connectivity index (χ1n) is 8.70. The van der Waals surface area contributed by atoms with Crippen molar-refractivity contribution in [3.63, 3.8) is 0 Å². The molecule has 0 amide bonds. The Hall–Kier alpha value is -0.360. The lowest BCUT2D eigenvalue weighted by Gasteiger charge is -2.20. The second-order valence-electron chi connectivity index (χ2n) is 6.47. The Morgan fingerprint density at radius 2 is 1.33 bits per heavy atom. The number of methoxy groups -OCH3 is 1. The Bertz CT molecular complexity index is 268. The molecule has 0 aliphatic heterocycles. The van der Waals surface area contributed by atoms with Gasteiger partial charge in [0.15, 0.2) is 0 Å². The SMILES string of the molecule is CC.CC(C)OCCC(F)(F)C(C)C.COCC(F)(F)CC(C)C. The topological polar surface area (TPSA) is 18.5 Å². The molecule has 150 valence electrons. The molecule has 6 heteroatoms. The molecule has 0 unspecified atom stereocenters. The van der Waals surface area contributed by atoms with Gasteiger partial charge in [-0.05, 0) is 19.8 Å². The summed E-state index contributed by atoms with van der Waals surface area (Å²) < 4.78 is 60.3. The second-order valence-corrected chi connectivity index (χ2v) is 6.47. The third kappa shape index (κ3) is 19.7. The zero-order valence-electron chi connectivity index (χ0n) is 16.9. The fourth-order valence-corrected chi connectivity index (χ4v) is 1.59. The predicted molar refractivity (Wildman–Crippen MR) is 93.1 cm³/mol. The molecule has 0 aliphatic carbocycles. The molecular weight excluding hydrogens is 324 g/mol. The van der Waals surface area contributed by atoms with Crippen LogP contribution in [0.1, 0.15) is 68.2 Å². The van der Waals surface area contributed by atoms with Crippen molar-refractivity contribution in [3.05, 3.63) is 0 Å². The highest BCUT2D eigenvalue weighted by Gasteiger charge is 2.32. The van der Waals surface area contributed by atoms with Gasteiger partial charge in [0, 0.05) is 25.9 Å². The Morgan fingerprint density at radius 1 is 0.875 bits per heavy atom. The quantitative estimate of drug-likeness (QED) is 0.440. The van der Waals surface area contributed by atoms with E-state index < -0.39 is 24.4 Å². The lowest BCUT2D eigenvalue weighted by Crippen LogP contribution is -2.26. The van der Waals surface area contributed by atoms with E-state index in [0.717, 1.165) is 0 Å². The van der Waals surface area contributed by atoms with E-state index in [0.29, 0.717) is 0 Å². The molecule has 0 aromatic carbocycles. The van der Waals surface area contributed by atoms with Gasteiger partial charge in [0.1, 0.15) is 6.61 Å². The van der Waals surface area contributed by atoms with E-state index in [1.807, 2.05) is 27.7 Å². The molecule has 2 nitrogen and oxygen atoms in total. The van der Waals surface area contributed by atoms with Crippen molar-refractivity contribution >= 4 is 0 Å². The van der Waals surface area contributed by atoms with Gasteiger partial charge in [0.25, 0.3) is 11.8 Å². The number of halogens is 4. The lowest BCUT2D eigenvalue weighted by molar-refractivity contribution is -0.0775. The number of rotatable bonds is 9. The molecular formula is C18H38F4O2. The highest BCUT2D eigenvalue weighted by atomic mass is 19.3. The molecule has 0 radical (unpaired) electrons. The van der Waals surface area contributed by atoms with E-state index in [4.69, 9.17) is 4.74 Å². The third-order valence-electron chi connectivity index (χ3n) is 2.79. The van der Waals surface area contributed by atoms with E-state index in [1.54, 1.807) is 13.8 Å². The molecule has 0 N–H and O–H groups in total. The first kappa shape index (κ1) is 28.4. The summed E-state index contributed by atoms with van der Waals surface area (Å²) in [5.41, 5.74) is 0. The maximum Gasteiger partial charge on any atom is 0.271 e. The number of alkyl halides is 4. The maximum atomic E-state index is 12.9. The second kappa shape index (κ2) is 14.9. The van der Waals surface area contributed by atoms with Gasteiger partial charge < -0.3 is 9.47 Å². The van der Waals surface area contributed by atoms with Crippen LogP contribution in [-0.2, 0) is 9.47 Å². The van der Waals surface area contributed by atoms with E-state index in [9.17, 15) is 17.6 Å². The van der Waals surface area contributed by atoms with Crippen molar-refractivity contribution in [2.75, 3.05) is 20.3 Å². The number of hydrogen-bond acceptors (Lipinski definition) is 2. The van der Waals surface area contributed by atoms with Crippen LogP contribution in [0, 0.1) is 11.8 Å². The van der Waals surface area contributed by atoms with Gasteiger partial charge in [-0.15, -0.1) is 0 Å². The minimum absolute atomic E-state index is 0.0187. The summed E-state index contributed by atoms with van der Waals surface area (Å²) in [4.78, 5) is 0. The normalized spacial score (nSPS) is 12.0. The molecule has 0 rings (SSSR count). The van der Waals surface area contributed by atoms with Crippen molar-refractivity contribution in [2.24, 2.45) is 11.8 Å². The molecule has 0 spiro atoms. The molecule has 0 saturated heterocycles. The zero-order valence-corrected chi connectivity index (χ0v) is 16.9. The van der Waals surface area contributed by atoms with Crippen molar-refractivity contribution in [1.82, 2.24) is 0 Å². The van der Waals surface area contributed by atoms with Crippen molar-refractivity contribution < 1.29 is 27.0 Å². The van der Waals surface area contributed by atoms with Crippen LogP contribution in [0.2, 0.25) is 0 Å². The maximum absolute atomic E-state index is 12.9. The Balaban J connectivity index is -0.000000337. The summed E-state index contributed by atoms with van der Waals surface area (Å²) >= 11 is 0. The Labute approximate surface area is 146 Å². The van der Waals surface area contributed by atoms with E-state index in [2.05, 4.69) is 4.74 Å². The van der Waals surface area contributed by atoms with Crippen LogP contribution in [0.5, 0.6) is 0 Å². The molecule has 0 saturated carbocycles. The largest absolute Gasteiger partial charge is 0.379 e. The molecule has 0 aromatic heterocycles. The first-order chi connectivity index (χ1) is 10.8. The van der Waals surface area contributed by atoms with Crippen LogP contribution < -0.4 is 0 Å². The summed E-state index contributed by atoms with van der Waals surface area (Å²) in [5, 5.41) is 0. The minimum atomic E-state index is -2.65. The van der Waals surface area contributed by atoms with Gasteiger partial charge in [0.2, 0.25) is 0 Å². The summed E-state index contributed by atoms with van der Waals surface area (Å²) in [6.07, 6.45) is -0.239. The van der Waals surface area contributed by atoms with Crippen LogP contribution in [0.3, 0.4) is 0 Å². The van der Waals surface area contributed by atoms with Crippen LogP contribution >= 0.6 is 0 Å². The van der Waals surface area contributed by atoms with E-state index >= 15 is 0 Å². The average Bonchev–Trinajstić information content (AvgIpc) is 2.39. The smallest absolute Gasteiger partial charge is 0.271 e. The van der Waals surface area contributed by atoms with Gasteiger partial charge in [-0.2, -0.15) is 0 Å². The van der Waals surface area contributed by atoms with Gasteiger partial charge in [-0.25, -0.2) is 17.6 Å². The summed E-state index contributed by atoms with van der Waals surface area (Å²) in [5.74, 6) is -5.82. The molecule has 0 aliphatic rings. The van der Waals surface area contributed by atoms with Crippen molar-refractivity contribution in [3.8, 4) is 0 Å². The average molecular weight is 362 g/mol. The summed E-state index contributed by atoms with van der Waals surface area (Å²) in [7, 11) is 1.29. The fraction of sp³-hybridized carbons (Fsp3) is 1.00. The molecule has 0 bridgehead atoms. The molecule has 24 heavy (non-hydrogen) atoms. The summed E-state index contributed by atoms with van der Waals surface area (Å²) in [6, 6.07) is 0. The minimum Gasteiger partial charge on any atom is -0.379 e. The number of hydrogen-bond donors (Lipinski definition) is 0. The van der Waals surface area contributed by atoms with Crippen molar-refractivity contribution in [1.29, 1.82) is 0 Å². The molecule has 0 aromatic rings. The molecule has 0 heterocycles. The first-order valence-corrected chi connectivity index (χ1v) is 8.70. The van der Waals surface area contributed by atoms with E-state index in [-0.39, 0.29) is 31.5 Å². The highest BCUT2D eigenvalue weighted by Crippen LogP contribution is 2.27. The van der Waals surface area contributed by atoms with Crippen molar-refractivity contribution in [2.45, 2.75) is 86.2 Å². The predicted octanol–water partition coefficient (Wildman–Crippen LogP) is 6.43. The van der Waals surface area contributed by atoms with Gasteiger partial charge >= 0.3 is 0 Å². The van der Waals surface area contributed by atoms with Gasteiger partial charge in [-0.1, -0.05) is 41.5 Å². The van der Waals surface area contributed by atoms with Crippen LogP contribution in [0.25, 0.3) is 0 Å². The Kier molecular flexibility index (Phi) is 17.7. The lowest BCUT2D eigenvalue weighted by atomic mass is 10.0. The number of ether oxygens (including phenoxy) is 2. The van der Waals surface area contributed by atoms with Crippen LogP contribution in [0.15, 0.2) is 0 Å². The zero-order chi connectivity index (χ0) is 20.0. The standard InChI is InChI=1S/C9H18F2O.C7H14F2O.C2H6/c1-7(2)9(10,11)5-6-12-8(3)4;1-6(2)4-7(8,9)5-10-3;1-2/h7-8H,5-6H2,1-4H3;6H,4-5H2,1-3H3;1-2H3. The van der Waals surface area contributed by atoms with Gasteiger partial charge in [-0.3, -0.25) is 0 Å². The molecule has 0 fully saturated rings. The third-order valence-corrected chi connectivity index (χ3v) is 2.79. The molecule has 0 atom stereocenters. The summed E-state index contributed by atoms with van der Waals surface area (Å²) in [6.45, 7) is 13.9. The monoisotopic (exact) mass is 362 g/mol.